The number of furan rings is 1. The molecule has 1 fully saturated rings. The van der Waals surface area contributed by atoms with Crippen molar-refractivity contribution in [2.45, 2.75) is 31.7 Å². The van der Waals surface area contributed by atoms with Crippen molar-refractivity contribution in [3.05, 3.63) is 48.4 Å². The fraction of sp³-hybridized carbons (Fsp3) is 0.476. The average Bonchev–Trinajstić information content (AvgIpc) is 3.14. The molecule has 3 rings (SSSR count). The maximum absolute atomic E-state index is 12.9. The van der Waals surface area contributed by atoms with Gasteiger partial charge in [-0.2, -0.15) is 4.31 Å². The molecular weight excluding hydrogens is 390 g/mol. The molecule has 0 saturated carbocycles. The van der Waals surface area contributed by atoms with Crippen LogP contribution in [0.4, 0.5) is 5.69 Å². The molecule has 0 spiro atoms. The van der Waals surface area contributed by atoms with E-state index in [0.29, 0.717) is 37.2 Å². The van der Waals surface area contributed by atoms with Crippen molar-refractivity contribution in [3.8, 4) is 0 Å². The summed E-state index contributed by atoms with van der Waals surface area (Å²) in [6.45, 7) is 6.17. The van der Waals surface area contributed by atoms with Crippen LogP contribution in [0.2, 0.25) is 0 Å². The smallest absolute Gasteiger partial charge is 0.279 e. The molecule has 1 amide bonds. The number of sulfonamides is 1. The van der Waals surface area contributed by atoms with E-state index < -0.39 is 10.0 Å². The van der Waals surface area contributed by atoms with Gasteiger partial charge in [-0.3, -0.25) is 4.79 Å². The van der Waals surface area contributed by atoms with Crippen LogP contribution in [0.15, 0.2) is 52.0 Å². The van der Waals surface area contributed by atoms with Crippen molar-refractivity contribution in [2.24, 2.45) is 11.8 Å². The molecule has 1 aromatic heterocycles. The van der Waals surface area contributed by atoms with Gasteiger partial charge in [-0.1, -0.05) is 13.8 Å². The first-order chi connectivity index (χ1) is 13.7. The zero-order valence-corrected chi connectivity index (χ0v) is 18.0. The number of nitrogens with one attached hydrogen (secondary N) is 2. The van der Waals surface area contributed by atoms with Crippen LogP contribution in [0, 0.1) is 11.8 Å². The molecule has 1 aliphatic rings. The van der Waals surface area contributed by atoms with Crippen LogP contribution in [0.3, 0.4) is 0 Å². The van der Waals surface area contributed by atoms with Gasteiger partial charge in [0.2, 0.25) is 10.0 Å². The van der Waals surface area contributed by atoms with Crippen molar-refractivity contribution in [3.63, 3.8) is 0 Å². The van der Waals surface area contributed by atoms with E-state index in [-0.39, 0.29) is 17.3 Å². The van der Waals surface area contributed by atoms with Crippen molar-refractivity contribution >= 4 is 21.6 Å². The topological polar surface area (TPSA) is 84.1 Å². The molecule has 0 bridgehead atoms. The molecule has 29 heavy (non-hydrogen) atoms. The third-order valence-electron chi connectivity index (χ3n) is 5.13. The van der Waals surface area contributed by atoms with E-state index in [1.165, 1.54) is 0 Å². The summed E-state index contributed by atoms with van der Waals surface area (Å²) < 4.78 is 32.7. The average molecular weight is 421 g/mol. The van der Waals surface area contributed by atoms with Crippen LogP contribution in [0.25, 0.3) is 0 Å². The van der Waals surface area contributed by atoms with Gasteiger partial charge in [0.15, 0.2) is 12.3 Å². The molecule has 2 aromatic rings. The molecule has 0 aliphatic carbocycles. The monoisotopic (exact) mass is 420 g/mol. The molecule has 1 saturated heterocycles. The SMILES string of the molecule is C[C@@H]1C[C@H](C)CN(S(=O)(=O)c2ccc(NC(=O)C[NH+](C)Cc3ccco3)cc2)C1. The Bertz CT molecular complexity index is 900. The zero-order valence-electron chi connectivity index (χ0n) is 17.2. The number of rotatable bonds is 7. The van der Waals surface area contributed by atoms with E-state index in [1.54, 1.807) is 34.8 Å². The number of benzene rings is 1. The Morgan fingerprint density at radius 3 is 2.41 bits per heavy atom. The molecule has 2 heterocycles. The van der Waals surface area contributed by atoms with Crippen molar-refractivity contribution in [2.75, 3.05) is 32.0 Å². The van der Waals surface area contributed by atoms with Crippen molar-refractivity contribution in [1.29, 1.82) is 0 Å². The molecule has 1 aliphatic heterocycles. The lowest BCUT2D eigenvalue weighted by Crippen LogP contribution is -3.08. The second-order valence-electron chi connectivity index (χ2n) is 8.23. The summed E-state index contributed by atoms with van der Waals surface area (Å²) in [7, 11) is -1.60. The van der Waals surface area contributed by atoms with Gasteiger partial charge in [-0.05, 0) is 54.7 Å². The Morgan fingerprint density at radius 2 is 1.83 bits per heavy atom. The molecular formula is C21H30N3O4S+. The first kappa shape index (κ1) is 21.5. The van der Waals surface area contributed by atoms with E-state index in [1.807, 2.05) is 19.2 Å². The highest BCUT2D eigenvalue weighted by Gasteiger charge is 2.31. The van der Waals surface area contributed by atoms with Gasteiger partial charge in [-0.25, -0.2) is 8.42 Å². The highest BCUT2D eigenvalue weighted by Crippen LogP contribution is 2.27. The minimum Gasteiger partial charge on any atom is -0.463 e. The quantitative estimate of drug-likeness (QED) is 0.713. The number of nitrogens with zero attached hydrogens (tertiary/aromatic N) is 1. The number of hydrogen-bond acceptors (Lipinski definition) is 4. The normalized spacial score (nSPS) is 21.6. The molecule has 3 atom stereocenters. The van der Waals surface area contributed by atoms with Gasteiger partial charge in [0.1, 0.15) is 6.54 Å². The highest BCUT2D eigenvalue weighted by atomic mass is 32.2. The standard InChI is InChI=1S/C21H29N3O4S/c1-16-11-17(2)13-24(12-16)29(26,27)20-8-6-18(7-9-20)22-21(25)15-23(3)14-19-5-4-10-28-19/h4-10,16-17H,11-15H2,1-3H3,(H,22,25)/p+1/t16-,17+. The third-order valence-corrected chi connectivity index (χ3v) is 6.98. The zero-order chi connectivity index (χ0) is 21.0. The van der Waals surface area contributed by atoms with Crippen molar-refractivity contribution in [1.82, 2.24) is 4.31 Å². The number of quaternary nitrogens is 1. The van der Waals surface area contributed by atoms with E-state index >= 15 is 0 Å². The Kier molecular flexibility index (Phi) is 6.77. The van der Waals surface area contributed by atoms with Crippen LogP contribution in [0.1, 0.15) is 26.0 Å². The van der Waals surface area contributed by atoms with Gasteiger partial charge in [0.25, 0.3) is 5.91 Å². The summed E-state index contributed by atoms with van der Waals surface area (Å²) in [5.74, 6) is 1.40. The number of hydrogen-bond donors (Lipinski definition) is 2. The number of amides is 1. The Hall–Kier alpha value is -2.16. The van der Waals surface area contributed by atoms with Crippen LogP contribution in [-0.2, 0) is 21.4 Å². The minimum absolute atomic E-state index is 0.136. The Balaban J connectivity index is 1.58. The second kappa shape index (κ2) is 9.11. The lowest BCUT2D eigenvalue weighted by atomic mass is 9.94. The van der Waals surface area contributed by atoms with Crippen LogP contribution in [0.5, 0.6) is 0 Å². The maximum atomic E-state index is 12.9. The number of carbonyl (C=O) groups is 1. The van der Waals surface area contributed by atoms with Crippen LogP contribution < -0.4 is 10.2 Å². The summed E-state index contributed by atoms with van der Waals surface area (Å²) in [6.07, 6.45) is 2.66. The Labute approximate surface area is 172 Å². The fourth-order valence-corrected chi connectivity index (χ4v) is 5.59. The van der Waals surface area contributed by atoms with Gasteiger partial charge in [-0.15, -0.1) is 0 Å². The minimum atomic E-state index is -3.52. The van der Waals surface area contributed by atoms with Gasteiger partial charge < -0.3 is 14.6 Å². The van der Waals surface area contributed by atoms with Crippen LogP contribution in [-0.4, -0.2) is 45.3 Å². The molecule has 158 valence electrons. The molecule has 7 nitrogen and oxygen atoms in total. The first-order valence-electron chi connectivity index (χ1n) is 9.98. The van der Waals surface area contributed by atoms with Gasteiger partial charge in [0, 0.05) is 18.8 Å². The van der Waals surface area contributed by atoms with E-state index in [4.69, 9.17) is 4.42 Å². The molecule has 1 unspecified atom stereocenters. The summed E-state index contributed by atoms with van der Waals surface area (Å²) in [5.41, 5.74) is 0.583. The van der Waals surface area contributed by atoms with Gasteiger partial charge in [0.05, 0.1) is 18.2 Å². The largest absolute Gasteiger partial charge is 0.463 e. The number of carbonyl (C=O) groups excluding carboxylic acids is 1. The molecule has 0 radical (unpaired) electrons. The summed E-state index contributed by atoms with van der Waals surface area (Å²) in [6, 6.07) is 10.1. The van der Waals surface area contributed by atoms with E-state index in [2.05, 4.69) is 19.2 Å². The summed E-state index contributed by atoms with van der Waals surface area (Å²) in [4.78, 5) is 13.5. The fourth-order valence-electron chi connectivity index (χ4n) is 3.91. The van der Waals surface area contributed by atoms with Gasteiger partial charge >= 0.3 is 0 Å². The highest BCUT2D eigenvalue weighted by molar-refractivity contribution is 7.89. The lowest BCUT2D eigenvalue weighted by molar-refractivity contribution is -0.886. The number of piperidine rings is 1. The predicted octanol–water partition coefficient (Wildman–Crippen LogP) is 1.60. The van der Waals surface area contributed by atoms with E-state index in [9.17, 15) is 13.2 Å². The lowest BCUT2D eigenvalue weighted by Gasteiger charge is -2.34. The summed E-state index contributed by atoms with van der Waals surface area (Å²) >= 11 is 0. The predicted molar refractivity (Wildman–Crippen MR) is 111 cm³/mol. The molecule has 1 aromatic carbocycles. The maximum Gasteiger partial charge on any atom is 0.279 e. The molecule has 8 heteroatoms. The van der Waals surface area contributed by atoms with Crippen LogP contribution >= 0.6 is 0 Å². The van der Waals surface area contributed by atoms with E-state index in [0.717, 1.165) is 17.1 Å². The number of anilines is 1. The molecule has 2 N–H and O–H groups in total. The van der Waals surface area contributed by atoms with Crippen molar-refractivity contribution < 1.29 is 22.5 Å². The Morgan fingerprint density at radius 1 is 1.17 bits per heavy atom. The second-order valence-corrected chi connectivity index (χ2v) is 10.2. The third kappa shape index (κ3) is 5.68. The number of likely N-dealkylation sites (N-methyl/N-ethyl adjacent to an activating group) is 1. The summed E-state index contributed by atoms with van der Waals surface area (Å²) in [5, 5.41) is 2.83. The first-order valence-corrected chi connectivity index (χ1v) is 11.4.